The predicted molar refractivity (Wildman–Crippen MR) is 41.7 cm³/mol. The summed E-state index contributed by atoms with van der Waals surface area (Å²) in [6.45, 7) is 1.86. The van der Waals surface area contributed by atoms with E-state index in [0.717, 1.165) is 5.56 Å². The van der Waals surface area contributed by atoms with Crippen LogP contribution >= 0.6 is 0 Å². The molecule has 53 valence electrons. The molecule has 1 radical (unpaired) electrons. The predicted octanol–water partition coefficient (Wildman–Crippen LogP) is 0.707. The van der Waals surface area contributed by atoms with Crippen molar-refractivity contribution in [1.29, 1.82) is 0 Å². The summed E-state index contributed by atoms with van der Waals surface area (Å²) >= 11 is 0. The van der Waals surface area contributed by atoms with Crippen LogP contribution in [0.4, 0.5) is 0 Å². The fourth-order valence-electron chi connectivity index (χ4n) is 0.594. The third-order valence-corrected chi connectivity index (χ3v) is 1.13. The zero-order valence-electron chi connectivity index (χ0n) is 6.53. The number of pyridine rings is 1. The molecule has 1 aromatic heterocycles. The van der Waals surface area contributed by atoms with Crippen molar-refractivity contribution in [3.63, 3.8) is 0 Å². The van der Waals surface area contributed by atoms with E-state index in [4.69, 9.17) is 5.11 Å². The van der Waals surface area contributed by atoms with Crippen molar-refractivity contribution in [2.24, 2.45) is 0 Å². The minimum atomic E-state index is -0.986. The minimum absolute atomic E-state index is 0. The Kier molecular flexibility index (Phi) is 4.33. The van der Waals surface area contributed by atoms with Crippen LogP contribution in [0.15, 0.2) is 18.3 Å². The topological polar surface area (TPSA) is 50.2 Å². The molecule has 0 aromatic carbocycles. The van der Waals surface area contributed by atoms with Gasteiger partial charge in [-0.15, -0.1) is 0 Å². The molecule has 1 heterocycles. The third kappa shape index (κ3) is 3.01. The Morgan fingerprint density at radius 2 is 2.18 bits per heavy atom. The van der Waals surface area contributed by atoms with Crippen LogP contribution in [0.2, 0.25) is 0 Å². The third-order valence-electron chi connectivity index (χ3n) is 1.13. The molecule has 1 rings (SSSR count). The number of hydrogen-bond acceptors (Lipinski definition) is 2. The van der Waals surface area contributed by atoms with E-state index in [1.807, 2.05) is 6.92 Å². The van der Waals surface area contributed by atoms with Crippen LogP contribution in [0.5, 0.6) is 0 Å². The molecule has 11 heavy (non-hydrogen) atoms. The first kappa shape index (κ1) is 10.6. The number of carboxylic acids is 1. The summed E-state index contributed by atoms with van der Waals surface area (Å²) < 4.78 is 0. The van der Waals surface area contributed by atoms with Crippen LogP contribution in [-0.4, -0.2) is 45.6 Å². The van der Waals surface area contributed by atoms with E-state index >= 15 is 0 Å². The molecule has 0 aliphatic carbocycles. The second-order valence-electron chi connectivity index (χ2n) is 2.03. The van der Waals surface area contributed by atoms with Gasteiger partial charge >= 0.3 is 5.97 Å². The molecule has 0 bridgehead atoms. The van der Waals surface area contributed by atoms with Gasteiger partial charge in [0, 0.05) is 35.8 Å². The maximum absolute atomic E-state index is 10.2. The normalized spacial score (nSPS) is 8.45. The molecule has 0 atom stereocenters. The second-order valence-corrected chi connectivity index (χ2v) is 2.03. The van der Waals surface area contributed by atoms with Crippen molar-refractivity contribution >= 4 is 35.5 Å². The van der Waals surface area contributed by atoms with Crippen molar-refractivity contribution in [2.75, 3.05) is 0 Å². The number of carbonyl (C=O) groups is 1. The summed E-state index contributed by atoms with van der Waals surface area (Å²) in [6, 6.07) is 3.20. The van der Waals surface area contributed by atoms with E-state index in [0.29, 0.717) is 0 Å². The number of hydrogen-bond donors (Lipinski definition) is 1. The molecule has 3 nitrogen and oxygen atoms in total. The summed E-state index contributed by atoms with van der Waals surface area (Å²) in [7, 11) is 0. The van der Waals surface area contributed by atoms with Crippen LogP contribution in [0.3, 0.4) is 0 Å². The van der Waals surface area contributed by atoms with Crippen LogP contribution in [0.25, 0.3) is 0 Å². The van der Waals surface area contributed by atoms with Gasteiger partial charge in [-0.2, -0.15) is 0 Å². The smallest absolute Gasteiger partial charge is 0.354 e. The zero-order chi connectivity index (χ0) is 7.56. The largest absolute Gasteiger partial charge is 0.477 e. The van der Waals surface area contributed by atoms with E-state index < -0.39 is 5.97 Å². The molecule has 4 heteroatoms. The van der Waals surface area contributed by atoms with Crippen molar-refractivity contribution in [1.82, 2.24) is 4.98 Å². The van der Waals surface area contributed by atoms with Gasteiger partial charge in [-0.3, -0.25) is 0 Å². The molecule has 0 aliphatic rings. The molecule has 1 N–H and O–H groups in total. The van der Waals surface area contributed by atoms with Crippen LogP contribution in [0, 0.1) is 6.92 Å². The van der Waals surface area contributed by atoms with Crippen LogP contribution in [-0.2, 0) is 0 Å². The average molecular weight is 160 g/mol. The van der Waals surface area contributed by atoms with Crippen LogP contribution in [0.1, 0.15) is 16.1 Å². The van der Waals surface area contributed by atoms with Crippen molar-refractivity contribution < 1.29 is 9.90 Å². The van der Waals surface area contributed by atoms with Crippen LogP contribution < -0.4 is 0 Å². The number of carboxylic acid groups (broad SMARTS) is 1. The first-order chi connectivity index (χ1) is 4.70. The number of rotatable bonds is 1. The van der Waals surface area contributed by atoms with E-state index in [2.05, 4.69) is 4.98 Å². The van der Waals surface area contributed by atoms with E-state index in [-0.39, 0.29) is 35.3 Å². The Morgan fingerprint density at radius 3 is 2.55 bits per heavy atom. The van der Waals surface area contributed by atoms with Gasteiger partial charge in [0.15, 0.2) is 0 Å². The maximum Gasteiger partial charge on any atom is 0.354 e. The maximum atomic E-state index is 10.2. The van der Waals surface area contributed by atoms with Gasteiger partial charge in [-0.05, 0) is 18.6 Å². The molecule has 0 spiro atoms. The molecule has 0 amide bonds. The van der Waals surface area contributed by atoms with Gasteiger partial charge in [-0.25, -0.2) is 9.78 Å². The monoisotopic (exact) mass is 160 g/mol. The quantitative estimate of drug-likeness (QED) is 0.615. The number of aromatic nitrogens is 1. The molecule has 0 fully saturated rings. The summed E-state index contributed by atoms with van der Waals surface area (Å²) in [5.41, 5.74) is 1.05. The Bertz CT molecular complexity index is 245. The summed E-state index contributed by atoms with van der Waals surface area (Å²) in [5.74, 6) is -0.986. The second kappa shape index (κ2) is 4.49. The first-order valence-corrected chi connectivity index (χ1v) is 2.86. The molecule has 0 saturated carbocycles. The summed E-state index contributed by atoms with van der Waals surface area (Å²) in [4.78, 5) is 13.9. The Balaban J connectivity index is 0.000001000. The number of aromatic carboxylic acids is 1. The van der Waals surface area contributed by atoms with Gasteiger partial charge in [0.05, 0.1) is 0 Å². The van der Waals surface area contributed by atoms with Gasteiger partial charge < -0.3 is 5.11 Å². The van der Waals surface area contributed by atoms with E-state index in [9.17, 15) is 4.79 Å². The summed E-state index contributed by atoms with van der Waals surface area (Å²) in [6.07, 6.45) is 1.53. The molecular weight excluding hydrogens is 153 g/mol. The Hall–Kier alpha value is -0.380. The van der Waals surface area contributed by atoms with Gasteiger partial charge in [0.1, 0.15) is 5.69 Å². The molecule has 0 aliphatic heterocycles. The zero-order valence-corrected chi connectivity index (χ0v) is 8.53. The SMILES string of the molecule is Cc1ccc(C(=O)O)nc1.[Na]. The molecular formula is C7H7NNaO2. The van der Waals surface area contributed by atoms with Crippen molar-refractivity contribution in [2.45, 2.75) is 6.92 Å². The number of aryl methyl sites for hydroxylation is 1. The van der Waals surface area contributed by atoms with Gasteiger partial charge in [0.2, 0.25) is 0 Å². The van der Waals surface area contributed by atoms with Gasteiger partial charge in [0.25, 0.3) is 0 Å². The standard InChI is InChI=1S/C7H7NO2.Na/c1-5-2-3-6(7(9)10)8-4-5;/h2-4H,1H3,(H,9,10);. The number of nitrogens with zero attached hydrogens (tertiary/aromatic N) is 1. The Labute approximate surface area is 86.8 Å². The van der Waals surface area contributed by atoms with Crippen molar-refractivity contribution in [3.8, 4) is 0 Å². The van der Waals surface area contributed by atoms with E-state index in [1.165, 1.54) is 12.3 Å². The molecule has 1 aromatic rings. The fourth-order valence-corrected chi connectivity index (χ4v) is 0.594. The van der Waals surface area contributed by atoms with E-state index in [1.54, 1.807) is 6.07 Å². The Morgan fingerprint density at radius 1 is 1.55 bits per heavy atom. The molecule has 0 saturated heterocycles. The average Bonchev–Trinajstić information content (AvgIpc) is 1.88. The summed E-state index contributed by atoms with van der Waals surface area (Å²) in [5, 5.41) is 8.41. The minimum Gasteiger partial charge on any atom is -0.477 e. The first-order valence-electron chi connectivity index (χ1n) is 2.86. The van der Waals surface area contributed by atoms with Crippen molar-refractivity contribution in [3.05, 3.63) is 29.6 Å². The molecule has 0 unspecified atom stereocenters. The fraction of sp³-hybridized carbons (Fsp3) is 0.143. The van der Waals surface area contributed by atoms with Gasteiger partial charge in [-0.1, -0.05) is 6.07 Å².